The van der Waals surface area contributed by atoms with Crippen molar-refractivity contribution in [1.29, 1.82) is 0 Å². The van der Waals surface area contributed by atoms with Crippen molar-refractivity contribution >= 4 is 75.9 Å². The Morgan fingerprint density at radius 3 is 1.12 bits per heavy atom. The summed E-state index contributed by atoms with van der Waals surface area (Å²) in [6, 6.07) is 90.6. The minimum absolute atomic E-state index is 0.944. The Morgan fingerprint density at radius 2 is 0.574 bits per heavy atom. The quantitative estimate of drug-likeness (QED) is 0.153. The van der Waals surface area contributed by atoms with E-state index < -0.39 is 0 Å². The molecule has 316 valence electrons. The van der Waals surface area contributed by atoms with E-state index in [0.29, 0.717) is 0 Å². The molecule has 0 aliphatic heterocycles. The maximum absolute atomic E-state index is 5.23. The van der Waals surface area contributed by atoms with E-state index in [2.05, 4.69) is 258 Å². The van der Waals surface area contributed by atoms with Gasteiger partial charge in [0.05, 0.1) is 33.5 Å². The van der Waals surface area contributed by atoms with Crippen LogP contribution in [0.25, 0.3) is 132 Å². The van der Waals surface area contributed by atoms with Gasteiger partial charge >= 0.3 is 0 Å². The Bertz CT molecular complexity index is 4200. The summed E-state index contributed by atoms with van der Waals surface area (Å²) in [5.41, 5.74) is 15.7. The predicted molar refractivity (Wildman–Crippen MR) is 287 cm³/mol. The minimum atomic E-state index is 0.944. The van der Waals surface area contributed by atoms with Crippen LogP contribution in [0.5, 0.6) is 0 Å². The number of fused-ring (bicyclic) bond motifs is 12. The Hall–Kier alpha value is -9.05. The van der Waals surface area contributed by atoms with Crippen molar-refractivity contribution in [2.24, 2.45) is 0 Å². The standard InChI is InChI=1S/C65H41N3/c1-3-15-42(16-4-1)47-37-60(43-17-5-2-6-18-43)66-61(38-47)44-27-31-48(32-28-44)67-62-25-13-11-23-55(62)57-34-29-45(39-64(57)67)46-30-35-58-56-24-12-14-26-63(56)68(65(58)40-46)49-33-36-54-52-21-8-7-19-50(52)51-20-9-10-22-53(51)59(54)41-49/h1-41H. The Morgan fingerprint density at radius 1 is 0.206 bits per heavy atom. The van der Waals surface area contributed by atoms with Crippen LogP contribution in [0.15, 0.2) is 249 Å². The van der Waals surface area contributed by atoms with Gasteiger partial charge in [0.15, 0.2) is 0 Å². The van der Waals surface area contributed by atoms with Gasteiger partial charge in [-0.25, -0.2) is 4.98 Å². The van der Waals surface area contributed by atoms with Gasteiger partial charge in [-0.05, 0) is 115 Å². The van der Waals surface area contributed by atoms with Crippen LogP contribution in [0, 0.1) is 0 Å². The number of aromatic nitrogens is 3. The summed E-state index contributed by atoms with van der Waals surface area (Å²) >= 11 is 0. The van der Waals surface area contributed by atoms with E-state index in [1.807, 2.05) is 0 Å². The first-order chi connectivity index (χ1) is 33.7. The number of nitrogens with zero attached hydrogens (tertiary/aromatic N) is 3. The number of hydrogen-bond donors (Lipinski definition) is 0. The van der Waals surface area contributed by atoms with Crippen molar-refractivity contribution in [2.45, 2.75) is 0 Å². The summed E-state index contributed by atoms with van der Waals surface area (Å²) in [4.78, 5) is 5.23. The Balaban J connectivity index is 0.908. The average molecular weight is 864 g/mol. The van der Waals surface area contributed by atoms with Gasteiger partial charge in [-0.2, -0.15) is 0 Å². The third kappa shape index (κ3) is 6.03. The molecule has 0 amide bonds. The molecule has 11 aromatic carbocycles. The van der Waals surface area contributed by atoms with Gasteiger partial charge in [0.2, 0.25) is 0 Å². The van der Waals surface area contributed by atoms with Crippen LogP contribution < -0.4 is 0 Å². The van der Waals surface area contributed by atoms with Gasteiger partial charge < -0.3 is 9.13 Å². The normalized spacial score (nSPS) is 11.8. The summed E-state index contributed by atoms with van der Waals surface area (Å²) in [7, 11) is 0. The van der Waals surface area contributed by atoms with E-state index in [1.54, 1.807) is 0 Å². The third-order valence-corrected chi connectivity index (χ3v) is 14.1. The first-order valence-corrected chi connectivity index (χ1v) is 23.4. The zero-order valence-electron chi connectivity index (χ0n) is 37.0. The highest BCUT2D eigenvalue weighted by Gasteiger charge is 2.18. The number of hydrogen-bond acceptors (Lipinski definition) is 1. The van der Waals surface area contributed by atoms with E-state index in [4.69, 9.17) is 4.98 Å². The van der Waals surface area contributed by atoms with E-state index in [9.17, 15) is 0 Å². The summed E-state index contributed by atoms with van der Waals surface area (Å²) in [5.74, 6) is 0. The molecule has 0 fully saturated rings. The van der Waals surface area contributed by atoms with Crippen molar-refractivity contribution in [1.82, 2.24) is 14.1 Å². The highest BCUT2D eigenvalue weighted by molar-refractivity contribution is 6.25. The highest BCUT2D eigenvalue weighted by atomic mass is 15.0. The zero-order chi connectivity index (χ0) is 44.7. The van der Waals surface area contributed by atoms with E-state index in [0.717, 1.165) is 39.5 Å². The lowest BCUT2D eigenvalue weighted by Gasteiger charge is -2.14. The molecule has 14 rings (SSSR count). The largest absolute Gasteiger partial charge is 0.309 e. The summed E-state index contributed by atoms with van der Waals surface area (Å²) in [5, 5.41) is 12.6. The van der Waals surface area contributed by atoms with Gasteiger partial charge in [-0.3, -0.25) is 0 Å². The number of benzene rings is 11. The molecular weight excluding hydrogens is 823 g/mol. The molecule has 0 bridgehead atoms. The molecule has 68 heavy (non-hydrogen) atoms. The second-order valence-electron chi connectivity index (χ2n) is 17.9. The molecule has 3 heterocycles. The lowest BCUT2D eigenvalue weighted by molar-refractivity contribution is 1.18. The van der Waals surface area contributed by atoms with E-state index in [-0.39, 0.29) is 0 Å². The summed E-state index contributed by atoms with van der Waals surface area (Å²) in [6.45, 7) is 0. The topological polar surface area (TPSA) is 22.8 Å². The molecule has 0 spiro atoms. The molecule has 0 aliphatic rings. The van der Waals surface area contributed by atoms with Crippen molar-refractivity contribution in [3.8, 4) is 56.1 Å². The number of para-hydroxylation sites is 2. The van der Waals surface area contributed by atoms with Gasteiger partial charge in [0, 0.05) is 44.0 Å². The molecule has 0 unspecified atom stereocenters. The fraction of sp³-hybridized carbons (Fsp3) is 0. The van der Waals surface area contributed by atoms with Crippen LogP contribution in [0.1, 0.15) is 0 Å². The van der Waals surface area contributed by atoms with Crippen LogP contribution >= 0.6 is 0 Å². The molecule has 0 N–H and O–H groups in total. The second-order valence-corrected chi connectivity index (χ2v) is 17.9. The lowest BCUT2D eigenvalue weighted by atomic mass is 9.94. The van der Waals surface area contributed by atoms with Gasteiger partial charge in [0.1, 0.15) is 0 Å². The smallest absolute Gasteiger partial charge is 0.0715 e. The maximum atomic E-state index is 5.23. The van der Waals surface area contributed by atoms with Gasteiger partial charge in [-0.15, -0.1) is 0 Å². The Labute approximate surface area is 393 Å². The average Bonchev–Trinajstić information content (AvgIpc) is 3.93. The molecule has 0 saturated carbocycles. The molecule has 0 atom stereocenters. The Kier molecular flexibility index (Phi) is 8.59. The van der Waals surface area contributed by atoms with Crippen LogP contribution in [0.2, 0.25) is 0 Å². The van der Waals surface area contributed by atoms with Crippen molar-refractivity contribution < 1.29 is 0 Å². The predicted octanol–water partition coefficient (Wildman–Crippen LogP) is 17.4. The van der Waals surface area contributed by atoms with Crippen LogP contribution in [-0.2, 0) is 0 Å². The van der Waals surface area contributed by atoms with Crippen LogP contribution in [0.4, 0.5) is 0 Å². The first kappa shape index (κ1) is 38.2. The van der Waals surface area contributed by atoms with Crippen LogP contribution in [-0.4, -0.2) is 14.1 Å². The van der Waals surface area contributed by atoms with Gasteiger partial charge in [0.25, 0.3) is 0 Å². The van der Waals surface area contributed by atoms with Crippen molar-refractivity contribution in [3.05, 3.63) is 249 Å². The van der Waals surface area contributed by atoms with Crippen LogP contribution in [0.3, 0.4) is 0 Å². The SMILES string of the molecule is c1ccc(-c2cc(-c3ccccc3)nc(-c3ccc(-n4c5ccccc5c5ccc(-c6ccc7c8ccccc8n(-c8ccc9c%10ccccc%10c%10ccccc%10c9c8)c7c6)cc54)cc3)c2)cc1. The van der Waals surface area contributed by atoms with Crippen molar-refractivity contribution in [2.75, 3.05) is 0 Å². The number of pyridine rings is 1. The maximum Gasteiger partial charge on any atom is 0.0715 e. The summed E-state index contributed by atoms with van der Waals surface area (Å²) in [6.07, 6.45) is 0. The molecule has 3 nitrogen and oxygen atoms in total. The monoisotopic (exact) mass is 863 g/mol. The molecule has 3 aromatic heterocycles. The lowest BCUT2D eigenvalue weighted by Crippen LogP contribution is -1.96. The number of rotatable bonds is 6. The molecule has 0 saturated heterocycles. The summed E-state index contributed by atoms with van der Waals surface area (Å²) < 4.78 is 4.88. The molecule has 0 aliphatic carbocycles. The van der Waals surface area contributed by atoms with Gasteiger partial charge in [-0.1, -0.05) is 188 Å². The first-order valence-electron chi connectivity index (χ1n) is 23.4. The molecular formula is C65H41N3. The minimum Gasteiger partial charge on any atom is -0.309 e. The fourth-order valence-electron chi connectivity index (χ4n) is 10.9. The molecule has 3 heteroatoms. The molecule has 14 aromatic rings. The van der Waals surface area contributed by atoms with E-state index in [1.165, 1.54) is 92.6 Å². The third-order valence-electron chi connectivity index (χ3n) is 14.1. The highest BCUT2D eigenvalue weighted by Crippen LogP contribution is 2.41. The zero-order valence-corrected chi connectivity index (χ0v) is 37.0. The fourth-order valence-corrected chi connectivity index (χ4v) is 10.9. The van der Waals surface area contributed by atoms with Crippen molar-refractivity contribution in [3.63, 3.8) is 0 Å². The van der Waals surface area contributed by atoms with E-state index >= 15 is 0 Å². The second kappa shape index (κ2) is 15.3. The molecule has 0 radical (unpaired) electrons.